The molecule has 0 saturated carbocycles. The summed E-state index contributed by atoms with van der Waals surface area (Å²) in [5.74, 6) is 0. The maximum Gasteiger partial charge on any atom is 0.322 e. The molecule has 1 aliphatic heterocycles. The molecule has 1 atom stereocenters. The molecule has 0 radical (unpaired) electrons. The molecule has 2 heterocycles. The van der Waals surface area contributed by atoms with Crippen molar-refractivity contribution < 1.29 is 4.79 Å². The predicted octanol–water partition coefficient (Wildman–Crippen LogP) is 5.94. The Balaban J connectivity index is 1.71. The summed E-state index contributed by atoms with van der Waals surface area (Å²) in [6.07, 6.45) is 2.90. The molecule has 1 aromatic heterocycles. The summed E-state index contributed by atoms with van der Waals surface area (Å²) in [7, 11) is 0. The number of benzene rings is 2. The van der Waals surface area contributed by atoms with Crippen LogP contribution >= 0.6 is 11.6 Å². The number of rotatable bonds is 2. The van der Waals surface area contributed by atoms with Crippen molar-refractivity contribution in [3.63, 3.8) is 0 Å². The Morgan fingerprint density at radius 3 is 2.78 bits per heavy atom. The number of nitrogens with zero attached hydrogens (tertiary/aromatic N) is 2. The van der Waals surface area contributed by atoms with Crippen molar-refractivity contribution in [2.45, 2.75) is 32.9 Å². The van der Waals surface area contributed by atoms with Crippen molar-refractivity contribution in [3.05, 3.63) is 82.6 Å². The van der Waals surface area contributed by atoms with Gasteiger partial charge in [0.2, 0.25) is 0 Å². The second kappa shape index (κ2) is 7.12. The lowest BCUT2D eigenvalue weighted by molar-refractivity contribution is 0.181. The fraction of sp³-hybridized carbons (Fsp3) is 0.227. The van der Waals surface area contributed by atoms with Crippen LogP contribution in [0.4, 0.5) is 10.5 Å². The lowest BCUT2D eigenvalue weighted by Gasteiger charge is -2.29. The minimum absolute atomic E-state index is 0.00618. The van der Waals surface area contributed by atoms with Crippen molar-refractivity contribution in [3.8, 4) is 5.69 Å². The molecule has 0 aliphatic carbocycles. The van der Waals surface area contributed by atoms with Gasteiger partial charge in [0, 0.05) is 22.6 Å². The van der Waals surface area contributed by atoms with E-state index in [9.17, 15) is 4.79 Å². The van der Waals surface area contributed by atoms with Crippen LogP contribution in [0.25, 0.3) is 5.69 Å². The van der Waals surface area contributed by atoms with Crippen molar-refractivity contribution >= 4 is 23.3 Å². The molecule has 0 unspecified atom stereocenters. The molecule has 4 nitrogen and oxygen atoms in total. The molecule has 0 fully saturated rings. The first-order chi connectivity index (χ1) is 13.1. The van der Waals surface area contributed by atoms with Gasteiger partial charge in [0.25, 0.3) is 0 Å². The lowest BCUT2D eigenvalue weighted by atomic mass is 10.1. The standard InChI is InChI=1S/C22H22ClN3O/c1-3-19-21-9-6-12-25(21)20-8-5-4-7-16(20)14-26(19)22(27)24-17-11-10-15(2)18(23)13-17/h4-13,19H,3,14H2,1-2H3,(H,24,27)/t19-/m1/s1. The van der Waals surface area contributed by atoms with E-state index in [0.29, 0.717) is 17.3 Å². The highest BCUT2D eigenvalue weighted by Crippen LogP contribution is 2.34. The first-order valence-electron chi connectivity index (χ1n) is 9.17. The summed E-state index contributed by atoms with van der Waals surface area (Å²) < 4.78 is 2.19. The molecule has 1 aliphatic rings. The minimum Gasteiger partial charge on any atom is -0.318 e. The highest BCUT2D eigenvalue weighted by molar-refractivity contribution is 6.31. The third kappa shape index (κ3) is 3.21. The largest absolute Gasteiger partial charge is 0.322 e. The second-order valence-corrected chi connectivity index (χ2v) is 7.29. The van der Waals surface area contributed by atoms with Gasteiger partial charge in [-0.1, -0.05) is 42.8 Å². The summed E-state index contributed by atoms with van der Waals surface area (Å²) >= 11 is 6.22. The molecule has 5 heteroatoms. The average molecular weight is 380 g/mol. The van der Waals surface area contributed by atoms with Gasteiger partial charge in [0.05, 0.1) is 18.3 Å². The smallest absolute Gasteiger partial charge is 0.318 e. The monoisotopic (exact) mass is 379 g/mol. The Hall–Kier alpha value is -2.72. The summed E-state index contributed by atoms with van der Waals surface area (Å²) in [6.45, 7) is 4.61. The van der Waals surface area contributed by atoms with E-state index in [4.69, 9.17) is 11.6 Å². The number of urea groups is 1. The van der Waals surface area contributed by atoms with Crippen LogP contribution in [-0.4, -0.2) is 15.5 Å². The van der Waals surface area contributed by atoms with E-state index in [2.05, 4.69) is 41.2 Å². The SMILES string of the molecule is CC[C@@H]1c2cccn2-c2ccccc2CN1C(=O)Nc1ccc(C)c(Cl)c1. The third-order valence-electron chi connectivity index (χ3n) is 5.16. The first kappa shape index (κ1) is 17.7. The zero-order valence-electron chi connectivity index (χ0n) is 15.4. The highest BCUT2D eigenvalue weighted by atomic mass is 35.5. The Morgan fingerprint density at radius 2 is 2.00 bits per heavy atom. The zero-order valence-corrected chi connectivity index (χ0v) is 16.2. The Morgan fingerprint density at radius 1 is 1.19 bits per heavy atom. The van der Waals surface area contributed by atoms with E-state index in [1.807, 2.05) is 42.2 Å². The molecule has 138 valence electrons. The molecule has 2 amide bonds. The normalized spacial score (nSPS) is 15.7. The zero-order chi connectivity index (χ0) is 19.0. The first-order valence-corrected chi connectivity index (χ1v) is 9.55. The number of nitrogens with one attached hydrogen (secondary N) is 1. The van der Waals surface area contributed by atoms with E-state index in [0.717, 1.165) is 28.9 Å². The van der Waals surface area contributed by atoms with E-state index in [-0.39, 0.29) is 12.1 Å². The van der Waals surface area contributed by atoms with Crippen molar-refractivity contribution in [2.24, 2.45) is 0 Å². The highest BCUT2D eigenvalue weighted by Gasteiger charge is 2.30. The quantitative estimate of drug-likeness (QED) is 0.588. The Kier molecular flexibility index (Phi) is 4.66. The fourth-order valence-corrected chi connectivity index (χ4v) is 3.91. The number of fused-ring (bicyclic) bond motifs is 3. The molecule has 1 N–H and O–H groups in total. The number of amides is 2. The van der Waals surface area contributed by atoms with Crippen LogP contribution in [0.3, 0.4) is 0 Å². The van der Waals surface area contributed by atoms with Gasteiger partial charge in [-0.2, -0.15) is 0 Å². The summed E-state index contributed by atoms with van der Waals surface area (Å²) in [6, 6.07) is 17.8. The molecule has 0 bridgehead atoms. The maximum atomic E-state index is 13.2. The topological polar surface area (TPSA) is 37.3 Å². The van der Waals surface area contributed by atoms with Crippen LogP contribution in [0.15, 0.2) is 60.8 Å². The van der Waals surface area contributed by atoms with Gasteiger partial charge >= 0.3 is 6.03 Å². The number of aromatic nitrogens is 1. The summed E-state index contributed by atoms with van der Waals surface area (Å²) in [4.78, 5) is 15.1. The van der Waals surface area contributed by atoms with Crippen LogP contribution in [0.2, 0.25) is 5.02 Å². The van der Waals surface area contributed by atoms with Crippen LogP contribution < -0.4 is 5.32 Å². The van der Waals surface area contributed by atoms with E-state index in [1.165, 1.54) is 0 Å². The summed E-state index contributed by atoms with van der Waals surface area (Å²) in [5, 5.41) is 3.67. The van der Waals surface area contributed by atoms with Crippen LogP contribution in [0, 0.1) is 6.92 Å². The predicted molar refractivity (Wildman–Crippen MR) is 110 cm³/mol. The third-order valence-corrected chi connectivity index (χ3v) is 5.57. The van der Waals surface area contributed by atoms with Crippen molar-refractivity contribution in [2.75, 3.05) is 5.32 Å². The van der Waals surface area contributed by atoms with Gasteiger partial charge in [0.15, 0.2) is 0 Å². The van der Waals surface area contributed by atoms with Crippen molar-refractivity contribution in [1.29, 1.82) is 0 Å². The van der Waals surface area contributed by atoms with Gasteiger partial charge in [0.1, 0.15) is 0 Å². The van der Waals surface area contributed by atoms with Crippen LogP contribution in [-0.2, 0) is 6.54 Å². The average Bonchev–Trinajstić information content (AvgIpc) is 3.09. The number of halogens is 1. The summed E-state index contributed by atoms with van der Waals surface area (Å²) in [5.41, 5.74) is 5.08. The van der Waals surface area contributed by atoms with E-state index < -0.39 is 0 Å². The van der Waals surface area contributed by atoms with Gasteiger partial charge in [-0.05, 0) is 54.8 Å². The van der Waals surface area contributed by atoms with Crippen molar-refractivity contribution in [1.82, 2.24) is 9.47 Å². The molecule has 27 heavy (non-hydrogen) atoms. The maximum absolute atomic E-state index is 13.2. The number of aryl methyl sites for hydroxylation is 1. The van der Waals surface area contributed by atoms with Gasteiger partial charge in [-0.25, -0.2) is 4.79 Å². The van der Waals surface area contributed by atoms with Gasteiger partial charge in [-0.3, -0.25) is 0 Å². The number of carbonyl (C=O) groups is 1. The Bertz CT molecular complexity index is 995. The molecule has 3 aromatic rings. The van der Waals surface area contributed by atoms with Gasteiger partial charge in [-0.15, -0.1) is 0 Å². The number of carbonyl (C=O) groups excluding carboxylic acids is 1. The lowest BCUT2D eigenvalue weighted by Crippen LogP contribution is -2.37. The Labute approximate surface area is 164 Å². The van der Waals surface area contributed by atoms with E-state index in [1.54, 1.807) is 6.07 Å². The van der Waals surface area contributed by atoms with Crippen LogP contribution in [0.5, 0.6) is 0 Å². The number of hydrogen-bond acceptors (Lipinski definition) is 1. The molecular formula is C22H22ClN3O. The minimum atomic E-state index is -0.119. The van der Waals surface area contributed by atoms with Crippen LogP contribution in [0.1, 0.15) is 36.2 Å². The molecule has 0 saturated heterocycles. The molecule has 0 spiro atoms. The second-order valence-electron chi connectivity index (χ2n) is 6.88. The molecular weight excluding hydrogens is 358 g/mol. The number of hydrogen-bond donors (Lipinski definition) is 1. The fourth-order valence-electron chi connectivity index (χ4n) is 3.73. The number of para-hydroxylation sites is 1. The molecule has 4 rings (SSSR count). The van der Waals surface area contributed by atoms with Gasteiger partial charge < -0.3 is 14.8 Å². The number of anilines is 1. The molecule has 2 aromatic carbocycles. The van der Waals surface area contributed by atoms with E-state index >= 15 is 0 Å².